The molecule has 0 heterocycles. The van der Waals surface area contributed by atoms with Gasteiger partial charge in [0.05, 0.1) is 12.2 Å². The Hall–Kier alpha value is -0.660. The van der Waals surface area contributed by atoms with E-state index in [2.05, 4.69) is 10.0 Å². The van der Waals surface area contributed by atoms with Crippen LogP contribution < -0.4 is 15.8 Å². The molecule has 1 unspecified atom stereocenters. The summed E-state index contributed by atoms with van der Waals surface area (Å²) in [5.41, 5.74) is 4.81. The molecule has 0 aliphatic rings. The number of carbonyl (C=O) groups is 1. The molecule has 0 aromatic carbocycles. The van der Waals surface area contributed by atoms with Crippen LogP contribution in [0.1, 0.15) is 33.6 Å². The van der Waals surface area contributed by atoms with Crippen molar-refractivity contribution in [2.24, 2.45) is 11.7 Å². The summed E-state index contributed by atoms with van der Waals surface area (Å²) < 4.78 is 24.7. The van der Waals surface area contributed by atoms with E-state index in [1.165, 1.54) is 0 Å². The van der Waals surface area contributed by atoms with E-state index in [1.54, 1.807) is 13.8 Å². The number of hydrogen-bond donors (Lipinski definition) is 3. The standard InChI is InChI=1S/C11H25N3O3S/c1-5-6-9(7-12)10(15)13-8-11(2,3)14-18(4,16)17/h9,14H,5-8,12H2,1-4H3,(H,13,15). The van der Waals surface area contributed by atoms with Gasteiger partial charge < -0.3 is 11.1 Å². The zero-order valence-corrected chi connectivity index (χ0v) is 12.4. The maximum atomic E-state index is 11.8. The van der Waals surface area contributed by atoms with Crippen LogP contribution in [0.25, 0.3) is 0 Å². The fourth-order valence-corrected chi connectivity index (χ4v) is 2.77. The molecule has 1 atom stereocenters. The predicted molar refractivity (Wildman–Crippen MR) is 72.5 cm³/mol. The monoisotopic (exact) mass is 279 g/mol. The molecule has 0 aromatic rings. The zero-order chi connectivity index (χ0) is 14.4. The largest absolute Gasteiger partial charge is 0.354 e. The van der Waals surface area contributed by atoms with Crippen LogP contribution in [0.3, 0.4) is 0 Å². The van der Waals surface area contributed by atoms with Crippen molar-refractivity contribution < 1.29 is 13.2 Å². The highest BCUT2D eigenvalue weighted by Gasteiger charge is 2.24. The van der Waals surface area contributed by atoms with Crippen LogP contribution in [0.2, 0.25) is 0 Å². The van der Waals surface area contributed by atoms with Gasteiger partial charge in [-0.05, 0) is 20.3 Å². The highest BCUT2D eigenvalue weighted by Crippen LogP contribution is 2.06. The topological polar surface area (TPSA) is 101 Å². The quantitative estimate of drug-likeness (QED) is 0.573. The summed E-state index contributed by atoms with van der Waals surface area (Å²) in [7, 11) is -3.29. The molecule has 0 saturated carbocycles. The van der Waals surface area contributed by atoms with Crippen molar-refractivity contribution >= 4 is 15.9 Å². The average molecular weight is 279 g/mol. The summed E-state index contributed by atoms with van der Waals surface area (Å²) in [6.45, 7) is 5.96. The second-order valence-corrected chi connectivity index (χ2v) is 6.95. The molecule has 1 amide bonds. The van der Waals surface area contributed by atoms with E-state index in [0.717, 1.165) is 19.1 Å². The van der Waals surface area contributed by atoms with Crippen molar-refractivity contribution in [3.63, 3.8) is 0 Å². The maximum absolute atomic E-state index is 11.8. The molecular formula is C11H25N3O3S. The lowest BCUT2D eigenvalue weighted by Gasteiger charge is -2.26. The van der Waals surface area contributed by atoms with E-state index < -0.39 is 15.6 Å². The Morgan fingerprint density at radius 1 is 1.39 bits per heavy atom. The Kier molecular flexibility index (Phi) is 6.80. The van der Waals surface area contributed by atoms with Crippen LogP contribution in [0, 0.1) is 5.92 Å². The Balaban J connectivity index is 4.34. The van der Waals surface area contributed by atoms with E-state index in [4.69, 9.17) is 5.73 Å². The van der Waals surface area contributed by atoms with Gasteiger partial charge in [-0.15, -0.1) is 0 Å². The molecule has 0 aliphatic heterocycles. The van der Waals surface area contributed by atoms with Crippen LogP contribution in [-0.4, -0.2) is 39.2 Å². The lowest BCUT2D eigenvalue weighted by atomic mass is 10.0. The van der Waals surface area contributed by atoms with E-state index in [-0.39, 0.29) is 18.4 Å². The van der Waals surface area contributed by atoms with Crippen LogP contribution in [0.4, 0.5) is 0 Å². The van der Waals surface area contributed by atoms with E-state index in [0.29, 0.717) is 6.54 Å². The van der Waals surface area contributed by atoms with Gasteiger partial charge in [0.1, 0.15) is 0 Å². The van der Waals surface area contributed by atoms with Gasteiger partial charge in [0, 0.05) is 18.6 Å². The number of nitrogens with two attached hydrogens (primary N) is 1. The van der Waals surface area contributed by atoms with Crippen molar-refractivity contribution in [2.75, 3.05) is 19.3 Å². The molecular weight excluding hydrogens is 254 g/mol. The first-order valence-corrected chi connectivity index (χ1v) is 7.97. The van der Waals surface area contributed by atoms with Gasteiger partial charge in [0.15, 0.2) is 0 Å². The normalized spacial score (nSPS) is 14.3. The van der Waals surface area contributed by atoms with E-state index in [9.17, 15) is 13.2 Å². The second kappa shape index (κ2) is 7.06. The van der Waals surface area contributed by atoms with Gasteiger partial charge in [-0.2, -0.15) is 0 Å². The van der Waals surface area contributed by atoms with Crippen molar-refractivity contribution in [3.8, 4) is 0 Å². The fraction of sp³-hybridized carbons (Fsp3) is 0.909. The summed E-state index contributed by atoms with van der Waals surface area (Å²) in [5.74, 6) is -0.327. The minimum atomic E-state index is -3.29. The summed E-state index contributed by atoms with van der Waals surface area (Å²) in [6, 6.07) is 0. The number of rotatable bonds is 8. The van der Waals surface area contributed by atoms with Gasteiger partial charge in [-0.25, -0.2) is 13.1 Å². The summed E-state index contributed by atoms with van der Waals surface area (Å²) >= 11 is 0. The minimum absolute atomic E-state index is 0.122. The van der Waals surface area contributed by atoms with Gasteiger partial charge in [0.2, 0.25) is 15.9 Å². The molecule has 0 fully saturated rings. The van der Waals surface area contributed by atoms with Gasteiger partial charge in [-0.1, -0.05) is 13.3 Å². The third-order valence-electron chi connectivity index (χ3n) is 2.46. The van der Waals surface area contributed by atoms with E-state index in [1.807, 2.05) is 6.92 Å². The van der Waals surface area contributed by atoms with Crippen LogP contribution >= 0.6 is 0 Å². The highest BCUT2D eigenvalue weighted by atomic mass is 32.2. The van der Waals surface area contributed by atoms with Crippen LogP contribution in [0.15, 0.2) is 0 Å². The predicted octanol–water partition coefficient (Wildman–Crippen LogP) is -0.195. The Morgan fingerprint density at radius 3 is 2.33 bits per heavy atom. The first-order chi connectivity index (χ1) is 8.11. The molecule has 0 aromatic heterocycles. The molecule has 6 nitrogen and oxygen atoms in total. The van der Waals surface area contributed by atoms with Crippen molar-refractivity contribution in [1.29, 1.82) is 0 Å². The van der Waals surface area contributed by atoms with Crippen molar-refractivity contribution in [2.45, 2.75) is 39.2 Å². The Bertz CT molecular complexity index is 366. The molecule has 0 rings (SSSR count). The molecule has 108 valence electrons. The first kappa shape index (κ1) is 17.3. The van der Waals surface area contributed by atoms with Crippen LogP contribution in [-0.2, 0) is 14.8 Å². The van der Waals surface area contributed by atoms with E-state index >= 15 is 0 Å². The number of hydrogen-bond acceptors (Lipinski definition) is 4. The first-order valence-electron chi connectivity index (χ1n) is 6.08. The van der Waals surface area contributed by atoms with Crippen LogP contribution in [0.5, 0.6) is 0 Å². The average Bonchev–Trinajstić information content (AvgIpc) is 2.19. The Labute approximate surface area is 110 Å². The highest BCUT2D eigenvalue weighted by molar-refractivity contribution is 7.88. The maximum Gasteiger partial charge on any atom is 0.224 e. The molecule has 0 bridgehead atoms. The lowest BCUT2D eigenvalue weighted by Crippen LogP contribution is -2.52. The molecule has 4 N–H and O–H groups in total. The summed E-state index contributed by atoms with van der Waals surface area (Å²) in [5, 5.41) is 2.74. The number of amides is 1. The molecule has 0 spiro atoms. The molecule has 0 radical (unpaired) electrons. The number of sulfonamides is 1. The Morgan fingerprint density at radius 2 is 1.94 bits per heavy atom. The molecule has 0 aliphatic carbocycles. The van der Waals surface area contributed by atoms with Gasteiger partial charge in [0.25, 0.3) is 0 Å². The zero-order valence-electron chi connectivity index (χ0n) is 11.6. The van der Waals surface area contributed by atoms with Crippen molar-refractivity contribution in [1.82, 2.24) is 10.0 Å². The number of carbonyl (C=O) groups excluding carboxylic acids is 1. The fourth-order valence-electron chi connectivity index (χ4n) is 1.69. The lowest BCUT2D eigenvalue weighted by molar-refractivity contribution is -0.125. The molecule has 7 heteroatoms. The van der Waals surface area contributed by atoms with Gasteiger partial charge >= 0.3 is 0 Å². The van der Waals surface area contributed by atoms with Gasteiger partial charge in [-0.3, -0.25) is 4.79 Å². The SMILES string of the molecule is CCCC(CN)C(=O)NCC(C)(C)NS(C)(=O)=O. The number of nitrogens with one attached hydrogen (secondary N) is 2. The minimum Gasteiger partial charge on any atom is -0.354 e. The third kappa shape index (κ3) is 7.62. The molecule has 0 saturated heterocycles. The second-order valence-electron chi connectivity index (χ2n) is 5.20. The van der Waals surface area contributed by atoms with Crippen molar-refractivity contribution in [3.05, 3.63) is 0 Å². The summed E-state index contributed by atoms with van der Waals surface area (Å²) in [6.07, 6.45) is 2.72. The smallest absolute Gasteiger partial charge is 0.224 e. The molecule has 18 heavy (non-hydrogen) atoms. The third-order valence-corrected chi connectivity index (χ3v) is 3.38. The summed E-state index contributed by atoms with van der Waals surface area (Å²) in [4.78, 5) is 11.8.